The highest BCUT2D eigenvalue weighted by molar-refractivity contribution is 7.58. The summed E-state index contributed by atoms with van der Waals surface area (Å²) in [6.45, 7) is 4.04. The molecule has 96 valence electrons. The summed E-state index contributed by atoms with van der Waals surface area (Å²) >= 11 is 0. The van der Waals surface area contributed by atoms with Gasteiger partial charge in [-0.05, 0) is 19.9 Å². The lowest BCUT2D eigenvalue weighted by molar-refractivity contribution is 0.227. The molecule has 0 aromatic heterocycles. The molecule has 0 unspecified atom stereocenters. The van der Waals surface area contributed by atoms with Crippen LogP contribution in [0, 0.1) is 0 Å². The van der Waals surface area contributed by atoms with Crippen LogP contribution >= 0.6 is 7.60 Å². The fraction of sp³-hybridized carbons (Fsp3) is 0.400. The van der Waals surface area contributed by atoms with Crippen molar-refractivity contribution in [2.24, 2.45) is 20.5 Å². The van der Waals surface area contributed by atoms with Crippen molar-refractivity contribution in [3.8, 4) is 0 Å². The Balaban J connectivity index is 2.38. The van der Waals surface area contributed by atoms with E-state index in [1.165, 1.54) is 12.4 Å². The monoisotopic (exact) mass is 268 g/mol. The zero-order chi connectivity index (χ0) is 13.0. The highest BCUT2D eigenvalue weighted by Gasteiger charge is 2.36. The Hall–Kier alpha value is -1.43. The normalized spacial score (nSPS) is 22.0. The maximum absolute atomic E-state index is 12.6. The fourth-order valence-corrected chi connectivity index (χ4v) is 3.16. The molecule has 2 aliphatic heterocycles. The Morgan fingerprint density at radius 2 is 1.89 bits per heavy atom. The lowest BCUT2D eigenvalue weighted by Crippen LogP contribution is -2.00. The van der Waals surface area contributed by atoms with E-state index in [1.807, 2.05) is 0 Å². The lowest BCUT2D eigenvalue weighted by atomic mass is 10.3. The van der Waals surface area contributed by atoms with E-state index in [4.69, 9.17) is 9.05 Å². The number of allylic oxidation sites excluding steroid dienone is 2. The van der Waals surface area contributed by atoms with Crippen molar-refractivity contribution in [2.45, 2.75) is 13.8 Å². The first-order chi connectivity index (χ1) is 8.71. The molecule has 2 heterocycles. The van der Waals surface area contributed by atoms with Crippen molar-refractivity contribution in [3.63, 3.8) is 0 Å². The molecule has 0 saturated heterocycles. The molecule has 0 aliphatic carbocycles. The quantitative estimate of drug-likeness (QED) is 0.711. The summed E-state index contributed by atoms with van der Waals surface area (Å²) in [6, 6.07) is 0. The molecule has 8 heteroatoms. The highest BCUT2D eigenvalue weighted by Crippen LogP contribution is 2.60. The van der Waals surface area contributed by atoms with Crippen LogP contribution in [0.25, 0.3) is 0 Å². The van der Waals surface area contributed by atoms with Gasteiger partial charge in [0.05, 0.1) is 25.6 Å². The molecular weight excluding hydrogens is 255 g/mol. The highest BCUT2D eigenvalue weighted by atomic mass is 31.2. The van der Waals surface area contributed by atoms with Gasteiger partial charge in [0, 0.05) is 0 Å². The summed E-state index contributed by atoms with van der Waals surface area (Å²) in [5, 5.41) is 15.6. The first kappa shape index (κ1) is 13.0. The van der Waals surface area contributed by atoms with E-state index in [1.54, 1.807) is 19.9 Å². The molecule has 0 amide bonds. The first-order valence-electron chi connectivity index (χ1n) is 5.54. The van der Waals surface area contributed by atoms with Gasteiger partial charge in [-0.1, -0.05) is 0 Å². The number of azo groups is 2. The van der Waals surface area contributed by atoms with Gasteiger partial charge in [-0.25, -0.2) is 0 Å². The van der Waals surface area contributed by atoms with Crippen molar-refractivity contribution in [2.75, 3.05) is 13.2 Å². The first-order valence-corrected chi connectivity index (χ1v) is 7.08. The average molecular weight is 268 g/mol. The van der Waals surface area contributed by atoms with Gasteiger partial charge in [0.2, 0.25) is 0 Å². The van der Waals surface area contributed by atoms with Gasteiger partial charge in [0.1, 0.15) is 16.7 Å². The average Bonchev–Trinajstić information content (AvgIpc) is 3.00. The maximum Gasteiger partial charge on any atom is 0.365 e. The van der Waals surface area contributed by atoms with Gasteiger partial charge in [0.15, 0.2) is 0 Å². The van der Waals surface area contributed by atoms with Crippen LogP contribution in [0.3, 0.4) is 0 Å². The zero-order valence-corrected chi connectivity index (χ0v) is 11.0. The van der Waals surface area contributed by atoms with Crippen molar-refractivity contribution in [3.05, 3.63) is 35.2 Å². The molecule has 7 nitrogen and oxygen atoms in total. The second-order valence-electron chi connectivity index (χ2n) is 3.33. The topological polar surface area (TPSA) is 85.0 Å². The van der Waals surface area contributed by atoms with Crippen LogP contribution in [0.2, 0.25) is 0 Å². The Kier molecular flexibility index (Phi) is 3.96. The summed E-state index contributed by atoms with van der Waals surface area (Å²) < 4.78 is 23.1. The second-order valence-corrected chi connectivity index (χ2v) is 5.32. The molecular formula is C10H13N4O3P. The molecule has 0 aromatic carbocycles. The molecule has 2 aliphatic rings. The van der Waals surface area contributed by atoms with Crippen molar-refractivity contribution in [1.82, 2.24) is 0 Å². The summed E-state index contributed by atoms with van der Waals surface area (Å²) in [6.07, 6.45) is 4.58. The molecule has 0 fully saturated rings. The van der Waals surface area contributed by atoms with Gasteiger partial charge in [0.25, 0.3) is 0 Å². The molecule has 0 spiro atoms. The second kappa shape index (κ2) is 5.48. The standard InChI is InChI=1S/C10H13N4O3P/c1-3-16-18(15,17-4-2)9-7-12-14-10(9)8-5-6-11-13-8/h5-7H,3-4H2,1-2H3. The molecule has 0 N–H and O–H groups in total. The van der Waals surface area contributed by atoms with E-state index in [9.17, 15) is 4.57 Å². The van der Waals surface area contributed by atoms with E-state index in [0.717, 1.165) is 0 Å². The van der Waals surface area contributed by atoms with Gasteiger partial charge in [-0.2, -0.15) is 10.2 Å². The molecule has 0 atom stereocenters. The Morgan fingerprint density at radius 3 is 2.44 bits per heavy atom. The SMILES string of the molecule is CCOP(=O)(OCC)C1=CN=NC1=C1C=CN=N1. The van der Waals surface area contributed by atoms with Gasteiger partial charge >= 0.3 is 7.60 Å². The van der Waals surface area contributed by atoms with Crippen molar-refractivity contribution < 1.29 is 13.6 Å². The van der Waals surface area contributed by atoms with E-state index in [-0.39, 0.29) is 13.2 Å². The van der Waals surface area contributed by atoms with E-state index < -0.39 is 7.60 Å². The minimum atomic E-state index is -3.40. The number of rotatable bonds is 5. The smallest absolute Gasteiger partial charge is 0.305 e. The predicted octanol–water partition coefficient (Wildman–Crippen LogP) is 3.75. The van der Waals surface area contributed by atoms with Crippen molar-refractivity contribution >= 4 is 7.60 Å². The lowest BCUT2D eigenvalue weighted by Gasteiger charge is -2.17. The molecule has 0 saturated carbocycles. The third-order valence-corrected chi connectivity index (χ3v) is 4.29. The molecule has 2 rings (SSSR count). The maximum atomic E-state index is 12.6. The third-order valence-electron chi connectivity index (χ3n) is 2.18. The zero-order valence-electron chi connectivity index (χ0n) is 10.1. The van der Waals surface area contributed by atoms with Crippen LogP contribution < -0.4 is 0 Å². The Morgan fingerprint density at radius 1 is 1.17 bits per heavy atom. The van der Waals surface area contributed by atoms with Gasteiger partial charge in [-0.3, -0.25) is 4.57 Å². The summed E-state index contributed by atoms with van der Waals surface area (Å²) in [4.78, 5) is 0. The van der Waals surface area contributed by atoms with Gasteiger partial charge in [-0.15, -0.1) is 10.2 Å². The number of hydrogen-bond donors (Lipinski definition) is 0. The fourth-order valence-electron chi connectivity index (χ4n) is 1.51. The Bertz CT molecular complexity index is 509. The van der Waals surface area contributed by atoms with Crippen LogP contribution in [-0.2, 0) is 13.6 Å². The van der Waals surface area contributed by atoms with Crippen LogP contribution in [-0.4, -0.2) is 13.2 Å². The van der Waals surface area contributed by atoms with E-state index in [2.05, 4.69) is 20.5 Å². The molecule has 18 heavy (non-hydrogen) atoms. The Labute approximate surface area is 105 Å². The molecule has 0 aromatic rings. The third kappa shape index (κ3) is 2.38. The minimum absolute atomic E-state index is 0.272. The van der Waals surface area contributed by atoms with Crippen LogP contribution in [0.5, 0.6) is 0 Å². The predicted molar refractivity (Wildman–Crippen MR) is 64.8 cm³/mol. The van der Waals surface area contributed by atoms with E-state index >= 15 is 0 Å². The van der Waals surface area contributed by atoms with Crippen molar-refractivity contribution in [1.29, 1.82) is 0 Å². The summed E-state index contributed by atoms with van der Waals surface area (Å²) in [7, 11) is -3.40. The summed E-state index contributed by atoms with van der Waals surface area (Å²) in [5.74, 6) is 0. The molecule has 0 bridgehead atoms. The summed E-state index contributed by atoms with van der Waals surface area (Å²) in [5.41, 5.74) is 0.889. The minimum Gasteiger partial charge on any atom is -0.305 e. The van der Waals surface area contributed by atoms with Crippen LogP contribution in [0.4, 0.5) is 0 Å². The van der Waals surface area contributed by atoms with Gasteiger partial charge < -0.3 is 9.05 Å². The van der Waals surface area contributed by atoms with Crippen LogP contribution in [0.15, 0.2) is 55.6 Å². The number of nitrogens with zero attached hydrogens (tertiary/aromatic N) is 4. The number of hydrogen-bond acceptors (Lipinski definition) is 7. The van der Waals surface area contributed by atoms with E-state index in [0.29, 0.717) is 16.7 Å². The molecule has 0 radical (unpaired) electrons. The van der Waals surface area contributed by atoms with Crippen LogP contribution in [0.1, 0.15) is 13.8 Å². The largest absolute Gasteiger partial charge is 0.365 e.